The predicted molar refractivity (Wildman–Crippen MR) is 67.7 cm³/mol. The summed E-state index contributed by atoms with van der Waals surface area (Å²) in [5, 5.41) is 8.07. The smallest absolute Gasteiger partial charge is 0.0597 e. The lowest BCUT2D eigenvalue weighted by Gasteiger charge is -2.24. The highest BCUT2D eigenvalue weighted by atomic mass is 15.3. The lowest BCUT2D eigenvalue weighted by Crippen LogP contribution is -2.40. The average molecular weight is 234 g/mol. The van der Waals surface area contributed by atoms with E-state index < -0.39 is 0 Å². The van der Waals surface area contributed by atoms with E-state index in [1.54, 1.807) is 0 Å². The zero-order chi connectivity index (χ0) is 11.8. The molecular weight excluding hydrogens is 212 g/mol. The highest BCUT2D eigenvalue weighted by molar-refractivity contribution is 5.09. The van der Waals surface area contributed by atoms with Gasteiger partial charge in [-0.05, 0) is 38.3 Å². The van der Waals surface area contributed by atoms with Crippen LogP contribution in [0.5, 0.6) is 0 Å². The number of piperidine rings is 1. The molecule has 0 bridgehead atoms. The van der Waals surface area contributed by atoms with E-state index in [9.17, 15) is 0 Å². The van der Waals surface area contributed by atoms with Gasteiger partial charge in [-0.3, -0.25) is 9.58 Å². The molecule has 1 aromatic heterocycles. The predicted octanol–water partition coefficient (Wildman–Crippen LogP) is 0.912. The molecular formula is C13H22N4. The van der Waals surface area contributed by atoms with Crippen LogP contribution in [0.1, 0.15) is 24.2 Å². The van der Waals surface area contributed by atoms with E-state index in [1.165, 1.54) is 38.2 Å². The monoisotopic (exact) mass is 234 g/mol. The first-order valence-corrected chi connectivity index (χ1v) is 6.67. The average Bonchev–Trinajstić information content (AvgIpc) is 2.82. The second-order valence-electron chi connectivity index (χ2n) is 5.56. The molecule has 17 heavy (non-hydrogen) atoms. The standard InChI is InChI=1S/C13H22N4/c1-10-6-12(16(2)15-10)8-17-7-11-4-3-5-14-13(11)9-17/h6,11,13-14H,3-5,7-9H2,1-2H3/t11-,13+/m0/s1. The fourth-order valence-corrected chi connectivity index (χ4v) is 3.31. The van der Waals surface area contributed by atoms with Crippen LogP contribution in [0.25, 0.3) is 0 Å². The third kappa shape index (κ3) is 2.24. The normalized spacial score (nSPS) is 29.5. The second kappa shape index (κ2) is 4.42. The van der Waals surface area contributed by atoms with E-state index in [4.69, 9.17) is 0 Å². The van der Waals surface area contributed by atoms with Crippen LogP contribution >= 0.6 is 0 Å². The van der Waals surface area contributed by atoms with Crippen LogP contribution in [-0.2, 0) is 13.6 Å². The Morgan fingerprint density at radius 3 is 3.06 bits per heavy atom. The number of nitrogens with zero attached hydrogens (tertiary/aromatic N) is 3. The Bertz CT molecular complexity index is 384. The van der Waals surface area contributed by atoms with Gasteiger partial charge in [-0.25, -0.2) is 0 Å². The Morgan fingerprint density at radius 2 is 2.35 bits per heavy atom. The Labute approximate surface area is 103 Å². The van der Waals surface area contributed by atoms with Crippen LogP contribution in [0, 0.1) is 12.8 Å². The summed E-state index contributed by atoms with van der Waals surface area (Å²) < 4.78 is 2.02. The molecule has 1 N–H and O–H groups in total. The van der Waals surface area contributed by atoms with Crippen molar-refractivity contribution in [2.75, 3.05) is 19.6 Å². The van der Waals surface area contributed by atoms with E-state index in [1.807, 2.05) is 11.7 Å². The fraction of sp³-hybridized carbons (Fsp3) is 0.769. The summed E-state index contributed by atoms with van der Waals surface area (Å²) in [6.45, 7) is 6.78. The zero-order valence-electron chi connectivity index (χ0n) is 10.8. The van der Waals surface area contributed by atoms with Gasteiger partial charge in [0.1, 0.15) is 0 Å². The molecule has 0 saturated carbocycles. The maximum atomic E-state index is 4.42. The zero-order valence-corrected chi connectivity index (χ0v) is 10.8. The number of rotatable bonds is 2. The molecule has 2 aliphatic heterocycles. The van der Waals surface area contributed by atoms with Gasteiger partial charge < -0.3 is 5.32 Å². The number of aromatic nitrogens is 2. The molecule has 0 unspecified atom stereocenters. The number of hydrogen-bond donors (Lipinski definition) is 1. The van der Waals surface area contributed by atoms with Crippen LogP contribution < -0.4 is 5.32 Å². The minimum atomic E-state index is 0.734. The van der Waals surface area contributed by atoms with Gasteiger partial charge in [0.05, 0.1) is 11.4 Å². The van der Waals surface area contributed by atoms with E-state index in [0.717, 1.165) is 24.2 Å². The molecule has 94 valence electrons. The number of fused-ring (bicyclic) bond motifs is 1. The lowest BCUT2D eigenvalue weighted by atomic mass is 9.94. The molecule has 2 aliphatic rings. The lowest BCUT2D eigenvalue weighted by molar-refractivity contribution is 0.304. The maximum absolute atomic E-state index is 4.42. The summed E-state index contributed by atoms with van der Waals surface area (Å²) in [5.41, 5.74) is 2.46. The van der Waals surface area contributed by atoms with Gasteiger partial charge in [0, 0.05) is 32.7 Å². The van der Waals surface area contributed by atoms with Crippen molar-refractivity contribution in [2.24, 2.45) is 13.0 Å². The molecule has 2 fully saturated rings. The van der Waals surface area contributed by atoms with Gasteiger partial charge in [0.2, 0.25) is 0 Å². The van der Waals surface area contributed by atoms with E-state index in [0.29, 0.717) is 0 Å². The van der Waals surface area contributed by atoms with Gasteiger partial charge in [0.25, 0.3) is 0 Å². The van der Waals surface area contributed by atoms with Crippen molar-refractivity contribution < 1.29 is 0 Å². The number of aryl methyl sites for hydroxylation is 2. The Morgan fingerprint density at radius 1 is 1.47 bits per heavy atom. The van der Waals surface area contributed by atoms with Gasteiger partial charge in [0.15, 0.2) is 0 Å². The summed E-state index contributed by atoms with van der Waals surface area (Å²) >= 11 is 0. The first-order valence-electron chi connectivity index (χ1n) is 6.67. The van der Waals surface area contributed by atoms with Gasteiger partial charge in [-0.2, -0.15) is 5.10 Å². The molecule has 0 aromatic carbocycles. The third-order valence-corrected chi connectivity index (χ3v) is 4.16. The highest BCUT2D eigenvalue weighted by Crippen LogP contribution is 2.25. The number of likely N-dealkylation sites (tertiary alicyclic amines) is 1. The van der Waals surface area contributed by atoms with Crippen molar-refractivity contribution in [1.82, 2.24) is 20.0 Å². The Balaban J connectivity index is 1.65. The molecule has 2 saturated heterocycles. The topological polar surface area (TPSA) is 33.1 Å². The number of nitrogens with one attached hydrogen (secondary N) is 1. The van der Waals surface area contributed by atoms with Gasteiger partial charge in [-0.15, -0.1) is 0 Å². The SMILES string of the molecule is Cc1cc(CN2C[C@@H]3CCCN[C@@H]3C2)n(C)n1. The largest absolute Gasteiger partial charge is 0.312 e. The molecule has 0 amide bonds. The first-order chi connectivity index (χ1) is 8.22. The van der Waals surface area contributed by atoms with E-state index in [2.05, 4.69) is 28.3 Å². The molecule has 3 rings (SSSR count). The van der Waals surface area contributed by atoms with Crippen LogP contribution in [0.15, 0.2) is 6.07 Å². The molecule has 0 spiro atoms. The minimum Gasteiger partial charge on any atom is -0.312 e. The second-order valence-corrected chi connectivity index (χ2v) is 5.56. The van der Waals surface area contributed by atoms with Crippen molar-refractivity contribution in [3.63, 3.8) is 0 Å². The van der Waals surface area contributed by atoms with E-state index >= 15 is 0 Å². The Kier molecular flexibility index (Phi) is 2.92. The van der Waals surface area contributed by atoms with Crippen LogP contribution in [0.3, 0.4) is 0 Å². The van der Waals surface area contributed by atoms with Crippen molar-refractivity contribution in [1.29, 1.82) is 0 Å². The molecule has 4 nitrogen and oxygen atoms in total. The third-order valence-electron chi connectivity index (χ3n) is 4.16. The van der Waals surface area contributed by atoms with Crippen LogP contribution in [0.4, 0.5) is 0 Å². The quantitative estimate of drug-likeness (QED) is 0.826. The van der Waals surface area contributed by atoms with Crippen LogP contribution in [-0.4, -0.2) is 40.4 Å². The van der Waals surface area contributed by atoms with Gasteiger partial charge in [-0.1, -0.05) is 0 Å². The van der Waals surface area contributed by atoms with Crippen molar-refractivity contribution in [3.8, 4) is 0 Å². The minimum absolute atomic E-state index is 0.734. The van der Waals surface area contributed by atoms with Crippen molar-refractivity contribution in [2.45, 2.75) is 32.4 Å². The molecule has 0 aliphatic carbocycles. The summed E-state index contributed by atoms with van der Waals surface area (Å²) in [4.78, 5) is 2.57. The van der Waals surface area contributed by atoms with Gasteiger partial charge >= 0.3 is 0 Å². The molecule has 1 aromatic rings. The summed E-state index contributed by atoms with van der Waals surface area (Å²) in [7, 11) is 2.05. The highest BCUT2D eigenvalue weighted by Gasteiger charge is 2.34. The maximum Gasteiger partial charge on any atom is 0.0597 e. The molecule has 3 heterocycles. The molecule has 0 radical (unpaired) electrons. The first kappa shape index (κ1) is 11.2. The van der Waals surface area contributed by atoms with E-state index in [-0.39, 0.29) is 0 Å². The van der Waals surface area contributed by atoms with Crippen molar-refractivity contribution in [3.05, 3.63) is 17.5 Å². The molecule has 4 heteroatoms. The summed E-state index contributed by atoms with van der Waals surface area (Å²) in [6, 6.07) is 2.94. The fourth-order valence-electron chi connectivity index (χ4n) is 3.31. The number of hydrogen-bond acceptors (Lipinski definition) is 3. The Hall–Kier alpha value is -0.870. The van der Waals surface area contributed by atoms with Crippen molar-refractivity contribution >= 4 is 0 Å². The summed E-state index contributed by atoms with van der Waals surface area (Å²) in [5.74, 6) is 0.873. The van der Waals surface area contributed by atoms with Crippen LogP contribution in [0.2, 0.25) is 0 Å². The molecule has 2 atom stereocenters. The summed E-state index contributed by atoms with van der Waals surface area (Å²) in [6.07, 6.45) is 2.75.